The average Bonchev–Trinajstić information content (AvgIpc) is 3.63. The first kappa shape index (κ1) is 31.7. The van der Waals surface area contributed by atoms with E-state index in [1.807, 2.05) is 0 Å². The van der Waals surface area contributed by atoms with Crippen molar-refractivity contribution < 1.29 is 28.9 Å². The molecule has 0 unspecified atom stereocenters. The van der Waals surface area contributed by atoms with Gasteiger partial charge in [0.2, 0.25) is 10.3 Å². The molecule has 0 aliphatic carbocycles. The van der Waals surface area contributed by atoms with E-state index in [-0.39, 0.29) is 11.4 Å². The Balaban J connectivity index is 1.04. The number of ether oxygens (including phenoxy) is 2. The molecule has 0 saturated heterocycles. The summed E-state index contributed by atoms with van der Waals surface area (Å²) in [6.45, 7) is 1.46. The number of carbonyl (C=O) groups excluding carboxylic acids is 2. The molecule has 2 aromatic heterocycles. The molecule has 4 amide bonds. The van der Waals surface area contributed by atoms with Crippen LogP contribution in [0.1, 0.15) is 10.0 Å². The van der Waals surface area contributed by atoms with Gasteiger partial charge in [-0.1, -0.05) is 22.7 Å². The number of benzene rings is 2. The molecule has 0 aliphatic rings. The van der Waals surface area contributed by atoms with E-state index in [1.165, 1.54) is 71.2 Å². The third-order valence-corrected chi connectivity index (χ3v) is 7.14. The fourth-order valence-corrected chi connectivity index (χ4v) is 4.73. The number of rotatable bonds is 15. The van der Waals surface area contributed by atoms with Gasteiger partial charge in [-0.15, -0.1) is 20.4 Å². The van der Waals surface area contributed by atoms with Crippen LogP contribution in [0.25, 0.3) is 0 Å². The number of nitro groups is 2. The lowest BCUT2D eigenvalue weighted by Gasteiger charge is -2.05. The van der Waals surface area contributed by atoms with E-state index >= 15 is 0 Å². The first-order valence-electron chi connectivity index (χ1n) is 12.7. The summed E-state index contributed by atoms with van der Waals surface area (Å²) in [5.74, 6) is 0. The van der Waals surface area contributed by atoms with Crippen LogP contribution < -0.4 is 21.3 Å². The van der Waals surface area contributed by atoms with E-state index in [0.29, 0.717) is 70.9 Å². The molecule has 44 heavy (non-hydrogen) atoms. The van der Waals surface area contributed by atoms with Gasteiger partial charge in [-0.05, 0) is 24.3 Å². The third-order valence-electron chi connectivity index (χ3n) is 5.34. The monoisotopic (exact) mass is 644 g/mol. The molecule has 0 radical (unpaired) electrons. The van der Waals surface area contributed by atoms with Gasteiger partial charge in [-0.3, -0.25) is 30.9 Å². The van der Waals surface area contributed by atoms with Crippen molar-refractivity contribution in [2.75, 3.05) is 47.7 Å². The van der Waals surface area contributed by atoms with Gasteiger partial charge in [-0.25, -0.2) is 9.59 Å². The number of nitrogens with one attached hydrogen (secondary N) is 4. The molecular weight excluding hydrogens is 620 g/mol. The van der Waals surface area contributed by atoms with E-state index in [1.54, 1.807) is 0 Å². The smallest absolute Gasteiger partial charge is 0.325 e. The van der Waals surface area contributed by atoms with Crippen LogP contribution in [0, 0.1) is 20.2 Å². The zero-order chi connectivity index (χ0) is 31.3. The number of aromatic nitrogens is 4. The standard InChI is InChI=1S/C24H24N10O8S2/c35-21(25-15-1-5-17(6-2-15)33(37)38)27-23-31-29-19(43-23)9-11-41-13-14-42-12-10-20-30-32-24(44-20)28-22(36)26-16-3-7-18(8-4-16)34(39)40/h1-8H,9-14H2,(H2,25,27,31,35)(H2,26,28,32,36). The van der Waals surface area contributed by atoms with Gasteiger partial charge in [0.25, 0.3) is 11.4 Å². The molecule has 4 N–H and O–H groups in total. The SMILES string of the molecule is O=C(Nc1ccc([N+](=O)[O-])cc1)Nc1nnc(CCOCCOCCc2nnc(NC(=O)Nc3ccc([N+](=O)[O-])cc3)s2)s1. The normalized spacial score (nSPS) is 10.6. The highest BCUT2D eigenvalue weighted by Crippen LogP contribution is 2.20. The van der Waals surface area contributed by atoms with Crippen LogP contribution in [0.3, 0.4) is 0 Å². The number of nitrogens with zero attached hydrogens (tertiary/aromatic N) is 6. The number of hydrogen-bond acceptors (Lipinski definition) is 14. The predicted octanol–water partition coefficient (Wildman–Crippen LogP) is 4.31. The van der Waals surface area contributed by atoms with E-state index in [0.717, 1.165) is 0 Å². The van der Waals surface area contributed by atoms with Gasteiger partial charge in [0.15, 0.2) is 0 Å². The number of carbonyl (C=O) groups is 2. The molecule has 0 spiro atoms. The number of nitro benzene ring substituents is 2. The van der Waals surface area contributed by atoms with E-state index in [9.17, 15) is 29.8 Å². The first-order chi connectivity index (χ1) is 21.2. The first-order valence-corrected chi connectivity index (χ1v) is 14.3. The third kappa shape index (κ3) is 10.3. The van der Waals surface area contributed by atoms with Crippen LogP contribution in [0.15, 0.2) is 48.5 Å². The lowest BCUT2D eigenvalue weighted by Crippen LogP contribution is -2.19. The van der Waals surface area contributed by atoms with Crippen molar-refractivity contribution in [1.29, 1.82) is 0 Å². The Morgan fingerprint density at radius 1 is 0.614 bits per heavy atom. The Morgan fingerprint density at radius 3 is 1.36 bits per heavy atom. The van der Waals surface area contributed by atoms with Crippen LogP contribution in [0.5, 0.6) is 0 Å². The van der Waals surface area contributed by atoms with Gasteiger partial charge < -0.3 is 20.1 Å². The zero-order valence-corrected chi connectivity index (χ0v) is 24.3. The van der Waals surface area contributed by atoms with Gasteiger partial charge in [0.1, 0.15) is 10.0 Å². The Hall–Kier alpha value is -5.18. The Kier molecular flexibility index (Phi) is 11.5. The van der Waals surface area contributed by atoms with E-state index in [2.05, 4.69) is 41.7 Å². The summed E-state index contributed by atoms with van der Waals surface area (Å²) in [7, 11) is 0. The van der Waals surface area contributed by atoms with Crippen molar-refractivity contribution >= 4 is 67.7 Å². The van der Waals surface area contributed by atoms with Crippen LogP contribution in [-0.2, 0) is 22.3 Å². The highest BCUT2D eigenvalue weighted by molar-refractivity contribution is 7.15. The second-order valence-electron chi connectivity index (χ2n) is 8.49. The number of non-ortho nitro benzene ring substituents is 2. The van der Waals surface area contributed by atoms with Crippen LogP contribution >= 0.6 is 22.7 Å². The maximum Gasteiger partial charge on any atom is 0.325 e. The maximum atomic E-state index is 12.1. The van der Waals surface area contributed by atoms with Gasteiger partial charge in [-0.2, -0.15) is 0 Å². The Morgan fingerprint density at radius 2 is 1.00 bits per heavy atom. The van der Waals surface area contributed by atoms with Crippen molar-refractivity contribution in [1.82, 2.24) is 20.4 Å². The lowest BCUT2D eigenvalue weighted by molar-refractivity contribution is -0.385. The van der Waals surface area contributed by atoms with Crippen molar-refractivity contribution in [2.24, 2.45) is 0 Å². The topological polar surface area (TPSA) is 239 Å². The molecule has 20 heteroatoms. The molecule has 0 atom stereocenters. The zero-order valence-electron chi connectivity index (χ0n) is 22.6. The number of urea groups is 2. The molecule has 2 aromatic carbocycles. The van der Waals surface area contributed by atoms with Crippen LogP contribution in [0.2, 0.25) is 0 Å². The highest BCUT2D eigenvalue weighted by atomic mass is 32.1. The molecule has 0 fully saturated rings. The van der Waals surface area contributed by atoms with Crippen molar-refractivity contribution in [3.8, 4) is 0 Å². The van der Waals surface area contributed by atoms with Crippen molar-refractivity contribution in [3.63, 3.8) is 0 Å². The largest absolute Gasteiger partial charge is 0.379 e. The Bertz CT molecular complexity index is 1460. The van der Waals surface area contributed by atoms with E-state index < -0.39 is 21.9 Å². The average molecular weight is 645 g/mol. The van der Waals surface area contributed by atoms with Gasteiger partial charge in [0.05, 0.1) is 36.3 Å². The summed E-state index contributed by atoms with van der Waals surface area (Å²) in [5.41, 5.74) is 0.621. The molecule has 0 bridgehead atoms. The summed E-state index contributed by atoms with van der Waals surface area (Å²) in [6.07, 6.45) is 0.975. The summed E-state index contributed by atoms with van der Waals surface area (Å²) in [6, 6.07) is 9.73. The lowest BCUT2D eigenvalue weighted by atomic mass is 10.3. The second-order valence-corrected chi connectivity index (χ2v) is 10.6. The minimum atomic E-state index is -0.554. The fourth-order valence-electron chi connectivity index (χ4n) is 3.30. The summed E-state index contributed by atoms with van der Waals surface area (Å²) in [4.78, 5) is 44.6. The molecule has 0 saturated carbocycles. The molecular formula is C24H24N10O8S2. The minimum absolute atomic E-state index is 0.0798. The maximum absolute atomic E-state index is 12.1. The summed E-state index contributed by atoms with van der Waals surface area (Å²) in [5, 5.41) is 49.4. The van der Waals surface area contributed by atoms with Crippen LogP contribution in [-0.4, -0.2) is 68.7 Å². The molecule has 2 heterocycles. The second kappa shape index (κ2) is 15.9. The number of amides is 4. The predicted molar refractivity (Wildman–Crippen MR) is 160 cm³/mol. The molecule has 18 nitrogen and oxygen atoms in total. The minimum Gasteiger partial charge on any atom is -0.379 e. The molecule has 4 rings (SSSR count). The molecule has 4 aromatic rings. The molecule has 230 valence electrons. The quantitative estimate of drug-likeness (QED) is 0.0804. The van der Waals surface area contributed by atoms with Crippen LogP contribution in [0.4, 0.5) is 42.6 Å². The molecule has 0 aliphatic heterocycles. The number of anilines is 4. The summed E-state index contributed by atoms with van der Waals surface area (Å²) < 4.78 is 11.1. The highest BCUT2D eigenvalue weighted by Gasteiger charge is 2.12. The van der Waals surface area contributed by atoms with Crippen molar-refractivity contribution in [2.45, 2.75) is 12.8 Å². The van der Waals surface area contributed by atoms with E-state index in [4.69, 9.17) is 9.47 Å². The number of hydrogen-bond donors (Lipinski definition) is 4. The van der Waals surface area contributed by atoms with Gasteiger partial charge in [0, 0.05) is 48.5 Å². The van der Waals surface area contributed by atoms with Crippen molar-refractivity contribution in [3.05, 3.63) is 78.8 Å². The summed E-state index contributed by atoms with van der Waals surface area (Å²) >= 11 is 2.39. The van der Waals surface area contributed by atoms with Gasteiger partial charge >= 0.3 is 12.1 Å². The Labute approximate surface area is 256 Å². The fraction of sp³-hybridized carbons (Fsp3) is 0.250.